The van der Waals surface area contributed by atoms with Crippen molar-refractivity contribution in [1.82, 2.24) is 19.7 Å². The lowest BCUT2D eigenvalue weighted by atomic mass is 10.1. The number of hydrogen-bond acceptors (Lipinski definition) is 3. The van der Waals surface area contributed by atoms with E-state index in [1.807, 2.05) is 6.20 Å². The normalized spacial score (nSPS) is 14.8. The van der Waals surface area contributed by atoms with Crippen molar-refractivity contribution in [2.45, 2.75) is 52.1 Å². The molecular formula is C14H21N5. The Morgan fingerprint density at radius 1 is 1.42 bits per heavy atom. The Bertz CT molecular complexity index is 550. The third kappa shape index (κ3) is 2.97. The number of anilines is 1. The molecule has 1 saturated carbocycles. The predicted octanol–water partition coefficient (Wildman–Crippen LogP) is 2.43. The van der Waals surface area contributed by atoms with Gasteiger partial charge in [-0.25, -0.2) is 4.98 Å². The molecule has 5 heteroatoms. The van der Waals surface area contributed by atoms with Crippen molar-refractivity contribution < 1.29 is 0 Å². The second-order valence-electron chi connectivity index (χ2n) is 5.44. The highest BCUT2D eigenvalue weighted by Gasteiger charge is 2.22. The van der Waals surface area contributed by atoms with Gasteiger partial charge in [0.2, 0.25) is 5.95 Å². The second kappa shape index (κ2) is 5.07. The fourth-order valence-electron chi connectivity index (χ4n) is 2.31. The molecule has 2 aromatic heterocycles. The summed E-state index contributed by atoms with van der Waals surface area (Å²) in [6.07, 6.45) is 8.78. The largest absolute Gasteiger partial charge is 0.353 e. The fraction of sp³-hybridized carbons (Fsp3) is 0.571. The number of nitrogens with zero attached hydrogens (tertiary/aromatic N) is 3. The number of nitrogens with one attached hydrogen (secondary N) is 2. The Morgan fingerprint density at radius 2 is 2.26 bits per heavy atom. The van der Waals surface area contributed by atoms with Crippen molar-refractivity contribution in [3.8, 4) is 0 Å². The molecule has 0 radical (unpaired) electrons. The third-order valence-electron chi connectivity index (χ3n) is 3.59. The standard InChI is InChI=1S/C14H21N5/c1-10-9-19(14(16-10)17-13-5-6-13)7-3-4-12-8-15-18-11(12)2/h8-9,13H,3-7H2,1-2H3,(H,15,18)(H,16,17). The van der Waals surface area contributed by atoms with Crippen LogP contribution < -0.4 is 5.32 Å². The molecule has 1 fully saturated rings. The van der Waals surface area contributed by atoms with E-state index in [-0.39, 0.29) is 0 Å². The van der Waals surface area contributed by atoms with E-state index in [0.29, 0.717) is 6.04 Å². The van der Waals surface area contributed by atoms with E-state index < -0.39 is 0 Å². The van der Waals surface area contributed by atoms with E-state index in [1.165, 1.54) is 24.1 Å². The fourth-order valence-corrected chi connectivity index (χ4v) is 2.31. The van der Waals surface area contributed by atoms with E-state index >= 15 is 0 Å². The van der Waals surface area contributed by atoms with Crippen LogP contribution in [0.5, 0.6) is 0 Å². The predicted molar refractivity (Wildman–Crippen MR) is 75.3 cm³/mol. The van der Waals surface area contributed by atoms with Crippen LogP contribution in [0.2, 0.25) is 0 Å². The maximum atomic E-state index is 4.56. The lowest BCUT2D eigenvalue weighted by Crippen LogP contribution is -2.09. The van der Waals surface area contributed by atoms with E-state index in [4.69, 9.17) is 0 Å². The van der Waals surface area contributed by atoms with Crippen molar-refractivity contribution in [3.63, 3.8) is 0 Å². The summed E-state index contributed by atoms with van der Waals surface area (Å²) < 4.78 is 2.24. The second-order valence-corrected chi connectivity index (χ2v) is 5.44. The zero-order chi connectivity index (χ0) is 13.2. The molecule has 2 aromatic rings. The Hall–Kier alpha value is -1.78. The topological polar surface area (TPSA) is 58.5 Å². The van der Waals surface area contributed by atoms with Gasteiger partial charge in [0.25, 0.3) is 0 Å². The zero-order valence-electron chi connectivity index (χ0n) is 11.6. The molecule has 102 valence electrons. The van der Waals surface area contributed by atoms with Crippen LogP contribution in [0.4, 0.5) is 5.95 Å². The molecule has 1 aliphatic carbocycles. The van der Waals surface area contributed by atoms with Crippen LogP contribution in [0.1, 0.15) is 36.2 Å². The number of imidazole rings is 1. The first kappa shape index (κ1) is 12.3. The molecular weight excluding hydrogens is 238 g/mol. The van der Waals surface area contributed by atoms with Crippen molar-refractivity contribution in [2.75, 3.05) is 5.32 Å². The molecule has 0 amide bonds. The van der Waals surface area contributed by atoms with Crippen LogP contribution in [-0.2, 0) is 13.0 Å². The van der Waals surface area contributed by atoms with Crippen LogP contribution in [0.15, 0.2) is 12.4 Å². The molecule has 0 aliphatic heterocycles. The number of aryl methyl sites for hydroxylation is 4. The molecule has 5 nitrogen and oxygen atoms in total. The Labute approximate surface area is 113 Å². The molecule has 0 unspecified atom stereocenters. The highest BCUT2D eigenvalue weighted by atomic mass is 15.2. The van der Waals surface area contributed by atoms with Gasteiger partial charge < -0.3 is 9.88 Å². The highest BCUT2D eigenvalue weighted by molar-refractivity contribution is 5.32. The average Bonchev–Trinajstić information content (AvgIpc) is 2.99. The first-order valence-electron chi connectivity index (χ1n) is 7.01. The van der Waals surface area contributed by atoms with Gasteiger partial charge in [-0.2, -0.15) is 5.10 Å². The van der Waals surface area contributed by atoms with Gasteiger partial charge in [0.1, 0.15) is 0 Å². The summed E-state index contributed by atoms with van der Waals surface area (Å²) in [7, 11) is 0. The smallest absolute Gasteiger partial charge is 0.203 e. The number of aromatic nitrogens is 4. The molecule has 0 bridgehead atoms. The van der Waals surface area contributed by atoms with Gasteiger partial charge in [0, 0.05) is 24.5 Å². The zero-order valence-corrected chi connectivity index (χ0v) is 11.6. The monoisotopic (exact) mass is 259 g/mol. The highest BCUT2D eigenvalue weighted by Crippen LogP contribution is 2.24. The summed E-state index contributed by atoms with van der Waals surface area (Å²) in [4.78, 5) is 4.56. The number of aromatic amines is 1. The first-order chi connectivity index (χ1) is 9.22. The van der Waals surface area contributed by atoms with Gasteiger partial charge in [-0.05, 0) is 45.1 Å². The molecule has 0 atom stereocenters. The van der Waals surface area contributed by atoms with E-state index in [0.717, 1.165) is 31.0 Å². The summed E-state index contributed by atoms with van der Waals surface area (Å²) in [5.41, 5.74) is 3.58. The minimum absolute atomic E-state index is 0.650. The third-order valence-corrected chi connectivity index (χ3v) is 3.59. The van der Waals surface area contributed by atoms with Crippen LogP contribution in [0.25, 0.3) is 0 Å². The number of hydrogen-bond donors (Lipinski definition) is 2. The van der Waals surface area contributed by atoms with E-state index in [2.05, 4.69) is 45.1 Å². The first-order valence-corrected chi connectivity index (χ1v) is 7.01. The molecule has 1 aliphatic rings. The van der Waals surface area contributed by atoms with Gasteiger partial charge in [0.15, 0.2) is 0 Å². The van der Waals surface area contributed by atoms with Crippen LogP contribution in [-0.4, -0.2) is 25.8 Å². The van der Waals surface area contributed by atoms with Gasteiger partial charge in [-0.3, -0.25) is 5.10 Å². The molecule has 3 rings (SSSR count). The molecule has 19 heavy (non-hydrogen) atoms. The number of rotatable bonds is 6. The average molecular weight is 259 g/mol. The van der Waals surface area contributed by atoms with Crippen molar-refractivity contribution in [1.29, 1.82) is 0 Å². The Morgan fingerprint density at radius 3 is 2.95 bits per heavy atom. The molecule has 0 spiro atoms. The minimum Gasteiger partial charge on any atom is -0.353 e. The summed E-state index contributed by atoms with van der Waals surface area (Å²) in [6.45, 7) is 5.12. The van der Waals surface area contributed by atoms with Crippen molar-refractivity contribution in [3.05, 3.63) is 29.3 Å². The van der Waals surface area contributed by atoms with Crippen LogP contribution in [0, 0.1) is 13.8 Å². The minimum atomic E-state index is 0.650. The van der Waals surface area contributed by atoms with Crippen LogP contribution >= 0.6 is 0 Å². The SMILES string of the molecule is Cc1cn(CCCc2cn[nH]c2C)c(NC2CC2)n1. The molecule has 0 aromatic carbocycles. The van der Waals surface area contributed by atoms with Crippen LogP contribution in [0.3, 0.4) is 0 Å². The van der Waals surface area contributed by atoms with Crippen molar-refractivity contribution in [2.24, 2.45) is 0 Å². The van der Waals surface area contributed by atoms with Crippen molar-refractivity contribution >= 4 is 5.95 Å². The van der Waals surface area contributed by atoms with Gasteiger partial charge in [-0.15, -0.1) is 0 Å². The lowest BCUT2D eigenvalue weighted by molar-refractivity contribution is 0.644. The molecule has 2 heterocycles. The Balaban J connectivity index is 1.58. The summed E-state index contributed by atoms with van der Waals surface area (Å²) in [5, 5.41) is 10.5. The van der Waals surface area contributed by atoms with Gasteiger partial charge >= 0.3 is 0 Å². The molecule has 0 saturated heterocycles. The quantitative estimate of drug-likeness (QED) is 0.837. The molecule has 2 N–H and O–H groups in total. The maximum Gasteiger partial charge on any atom is 0.203 e. The van der Waals surface area contributed by atoms with E-state index in [9.17, 15) is 0 Å². The summed E-state index contributed by atoms with van der Waals surface area (Å²) in [5.74, 6) is 1.03. The summed E-state index contributed by atoms with van der Waals surface area (Å²) in [6, 6.07) is 0.650. The lowest BCUT2D eigenvalue weighted by Gasteiger charge is -2.08. The number of H-pyrrole nitrogens is 1. The van der Waals surface area contributed by atoms with E-state index in [1.54, 1.807) is 0 Å². The van der Waals surface area contributed by atoms with Gasteiger partial charge in [-0.1, -0.05) is 0 Å². The Kier molecular flexibility index (Phi) is 3.27. The maximum absolute atomic E-state index is 4.56. The summed E-state index contributed by atoms with van der Waals surface area (Å²) >= 11 is 0. The van der Waals surface area contributed by atoms with Gasteiger partial charge in [0.05, 0.1) is 11.9 Å².